The van der Waals surface area contributed by atoms with Gasteiger partial charge >= 0.3 is 0 Å². The van der Waals surface area contributed by atoms with Crippen LogP contribution in [0.3, 0.4) is 0 Å². The van der Waals surface area contributed by atoms with Crippen LogP contribution in [0.25, 0.3) is 0 Å². The number of rotatable bonds is 3. The lowest BCUT2D eigenvalue weighted by Crippen LogP contribution is -2.47. The highest BCUT2D eigenvalue weighted by Crippen LogP contribution is 2.35. The third-order valence-electron chi connectivity index (χ3n) is 5.34. The standard InChI is InChI=1S/C16H28N2/c1-3-13-9-10-14(12-17)16(11-13)18(2)15-7-5-4-6-8-15/h13-16H,3-11H2,1-2H3. The Morgan fingerprint density at radius 2 is 1.83 bits per heavy atom. The van der Waals surface area contributed by atoms with Crippen LogP contribution in [0, 0.1) is 23.2 Å². The number of hydrogen-bond acceptors (Lipinski definition) is 2. The summed E-state index contributed by atoms with van der Waals surface area (Å²) >= 11 is 0. The summed E-state index contributed by atoms with van der Waals surface area (Å²) in [5, 5.41) is 9.39. The fourth-order valence-electron chi connectivity index (χ4n) is 3.96. The number of hydrogen-bond donors (Lipinski definition) is 0. The van der Waals surface area contributed by atoms with Crippen LogP contribution in [-0.2, 0) is 0 Å². The van der Waals surface area contributed by atoms with E-state index in [9.17, 15) is 5.26 Å². The Morgan fingerprint density at radius 1 is 1.11 bits per heavy atom. The van der Waals surface area contributed by atoms with E-state index in [1.807, 2.05) is 0 Å². The average molecular weight is 248 g/mol. The Morgan fingerprint density at radius 3 is 2.44 bits per heavy atom. The highest BCUT2D eigenvalue weighted by Gasteiger charge is 2.35. The lowest BCUT2D eigenvalue weighted by molar-refractivity contribution is 0.0691. The van der Waals surface area contributed by atoms with Crippen molar-refractivity contribution >= 4 is 0 Å². The van der Waals surface area contributed by atoms with Crippen LogP contribution in [0.5, 0.6) is 0 Å². The van der Waals surface area contributed by atoms with Crippen LogP contribution in [0.4, 0.5) is 0 Å². The summed E-state index contributed by atoms with van der Waals surface area (Å²) in [6, 6.07) is 3.85. The third kappa shape index (κ3) is 3.06. The van der Waals surface area contributed by atoms with E-state index < -0.39 is 0 Å². The second-order valence-electron chi connectivity index (χ2n) is 6.35. The van der Waals surface area contributed by atoms with Crippen molar-refractivity contribution in [3.05, 3.63) is 0 Å². The zero-order chi connectivity index (χ0) is 13.0. The molecule has 0 N–H and O–H groups in total. The van der Waals surface area contributed by atoms with Gasteiger partial charge in [0.2, 0.25) is 0 Å². The molecule has 2 aliphatic carbocycles. The minimum Gasteiger partial charge on any atom is -0.299 e. The summed E-state index contributed by atoms with van der Waals surface area (Å²) < 4.78 is 0. The molecule has 2 saturated carbocycles. The van der Waals surface area contributed by atoms with Crippen LogP contribution in [-0.4, -0.2) is 24.0 Å². The van der Waals surface area contributed by atoms with Crippen LogP contribution < -0.4 is 0 Å². The molecule has 2 rings (SSSR count). The van der Waals surface area contributed by atoms with Gasteiger partial charge in [-0.3, -0.25) is 4.90 Å². The molecule has 0 heterocycles. The average Bonchev–Trinajstić information content (AvgIpc) is 2.46. The lowest BCUT2D eigenvalue weighted by atomic mass is 9.76. The molecular weight excluding hydrogens is 220 g/mol. The van der Waals surface area contributed by atoms with E-state index in [-0.39, 0.29) is 5.92 Å². The van der Waals surface area contributed by atoms with Gasteiger partial charge in [0.1, 0.15) is 0 Å². The first kappa shape index (κ1) is 13.9. The van der Waals surface area contributed by atoms with Crippen molar-refractivity contribution in [2.24, 2.45) is 11.8 Å². The zero-order valence-electron chi connectivity index (χ0n) is 12.1. The Labute approximate surface area is 112 Å². The van der Waals surface area contributed by atoms with Gasteiger partial charge in [-0.25, -0.2) is 0 Å². The molecule has 2 fully saturated rings. The molecule has 2 nitrogen and oxygen atoms in total. The minimum atomic E-state index is 0.278. The largest absolute Gasteiger partial charge is 0.299 e. The summed E-state index contributed by atoms with van der Waals surface area (Å²) in [6.45, 7) is 2.30. The Kier molecular flexibility index (Phi) is 5.06. The maximum absolute atomic E-state index is 9.39. The van der Waals surface area contributed by atoms with E-state index >= 15 is 0 Å². The molecule has 102 valence electrons. The van der Waals surface area contributed by atoms with Crippen LogP contribution in [0.2, 0.25) is 0 Å². The molecule has 2 aliphatic rings. The highest BCUT2D eigenvalue weighted by atomic mass is 15.2. The normalized spacial score (nSPS) is 34.4. The van der Waals surface area contributed by atoms with Crippen molar-refractivity contribution in [3.63, 3.8) is 0 Å². The molecule has 0 aromatic carbocycles. The minimum absolute atomic E-state index is 0.278. The molecule has 2 heteroatoms. The van der Waals surface area contributed by atoms with Crippen molar-refractivity contribution < 1.29 is 0 Å². The van der Waals surface area contributed by atoms with E-state index in [2.05, 4.69) is 24.9 Å². The SMILES string of the molecule is CCC1CCC(C#N)C(N(C)C2CCCCC2)C1. The lowest BCUT2D eigenvalue weighted by Gasteiger charge is -2.43. The molecule has 0 amide bonds. The maximum atomic E-state index is 9.39. The van der Waals surface area contributed by atoms with Crippen molar-refractivity contribution in [1.29, 1.82) is 5.26 Å². The molecule has 0 saturated heterocycles. The Bertz CT molecular complexity index is 288. The topological polar surface area (TPSA) is 27.0 Å². The molecule has 0 spiro atoms. The predicted octanol–water partition coefficient (Wildman–Crippen LogP) is 3.97. The number of nitriles is 1. The van der Waals surface area contributed by atoms with Crippen LogP contribution in [0.15, 0.2) is 0 Å². The summed E-state index contributed by atoms with van der Waals surface area (Å²) in [4.78, 5) is 2.58. The number of nitrogens with zero attached hydrogens (tertiary/aromatic N) is 2. The molecule has 3 unspecified atom stereocenters. The first-order chi connectivity index (χ1) is 8.76. The van der Waals surface area contributed by atoms with Crippen molar-refractivity contribution in [2.75, 3.05) is 7.05 Å². The van der Waals surface area contributed by atoms with Gasteiger partial charge in [0.15, 0.2) is 0 Å². The van der Waals surface area contributed by atoms with Gasteiger partial charge < -0.3 is 0 Å². The van der Waals surface area contributed by atoms with Gasteiger partial charge in [0.05, 0.1) is 12.0 Å². The summed E-state index contributed by atoms with van der Waals surface area (Å²) in [5.74, 6) is 1.13. The van der Waals surface area contributed by atoms with Gasteiger partial charge in [-0.15, -0.1) is 0 Å². The van der Waals surface area contributed by atoms with Crippen LogP contribution >= 0.6 is 0 Å². The predicted molar refractivity (Wildman–Crippen MR) is 75.2 cm³/mol. The van der Waals surface area contributed by atoms with Crippen molar-refractivity contribution in [3.8, 4) is 6.07 Å². The summed E-state index contributed by atoms with van der Waals surface area (Å²) in [6.07, 6.45) is 11.8. The summed E-state index contributed by atoms with van der Waals surface area (Å²) in [5.41, 5.74) is 0. The van der Waals surface area contributed by atoms with E-state index in [0.717, 1.165) is 18.4 Å². The van der Waals surface area contributed by atoms with Gasteiger partial charge in [-0.2, -0.15) is 5.26 Å². The van der Waals surface area contributed by atoms with E-state index in [1.165, 1.54) is 51.4 Å². The molecule has 0 radical (unpaired) electrons. The third-order valence-corrected chi connectivity index (χ3v) is 5.34. The molecule has 0 aliphatic heterocycles. The van der Waals surface area contributed by atoms with Gasteiger partial charge in [-0.1, -0.05) is 32.6 Å². The first-order valence-electron chi connectivity index (χ1n) is 7.87. The molecule has 0 bridgehead atoms. The fraction of sp³-hybridized carbons (Fsp3) is 0.938. The van der Waals surface area contributed by atoms with Crippen LogP contribution in [0.1, 0.15) is 64.7 Å². The molecule has 3 atom stereocenters. The van der Waals surface area contributed by atoms with Crippen molar-refractivity contribution in [1.82, 2.24) is 4.90 Å². The molecule has 0 aromatic heterocycles. The zero-order valence-corrected chi connectivity index (χ0v) is 12.1. The molecule has 0 aromatic rings. The first-order valence-corrected chi connectivity index (χ1v) is 7.87. The smallest absolute Gasteiger partial charge is 0.0672 e. The van der Waals surface area contributed by atoms with Gasteiger partial charge in [-0.05, 0) is 45.1 Å². The Balaban J connectivity index is 2.00. The monoisotopic (exact) mass is 248 g/mol. The van der Waals surface area contributed by atoms with Gasteiger partial charge in [0, 0.05) is 12.1 Å². The highest BCUT2D eigenvalue weighted by molar-refractivity contribution is 4.98. The van der Waals surface area contributed by atoms with Gasteiger partial charge in [0.25, 0.3) is 0 Å². The fourth-order valence-corrected chi connectivity index (χ4v) is 3.96. The van der Waals surface area contributed by atoms with E-state index in [1.54, 1.807) is 0 Å². The molecule has 18 heavy (non-hydrogen) atoms. The van der Waals surface area contributed by atoms with E-state index in [4.69, 9.17) is 0 Å². The second-order valence-corrected chi connectivity index (χ2v) is 6.35. The molecular formula is C16H28N2. The second kappa shape index (κ2) is 6.57. The van der Waals surface area contributed by atoms with E-state index in [0.29, 0.717) is 6.04 Å². The summed E-state index contributed by atoms with van der Waals surface area (Å²) in [7, 11) is 2.28. The quantitative estimate of drug-likeness (QED) is 0.755. The van der Waals surface area contributed by atoms with Crippen molar-refractivity contribution in [2.45, 2.75) is 76.8 Å². The maximum Gasteiger partial charge on any atom is 0.0672 e. The Hall–Kier alpha value is -0.550.